The van der Waals surface area contributed by atoms with Crippen molar-refractivity contribution in [2.45, 2.75) is 31.6 Å². The Morgan fingerprint density at radius 2 is 2.00 bits per heavy atom. The van der Waals surface area contributed by atoms with Crippen LogP contribution in [-0.2, 0) is 14.3 Å². The second-order valence-corrected chi connectivity index (χ2v) is 4.81. The van der Waals surface area contributed by atoms with Gasteiger partial charge in [0.15, 0.2) is 0 Å². The quantitative estimate of drug-likeness (QED) is 0.433. The Balaban J connectivity index is 4.82. The van der Waals surface area contributed by atoms with Gasteiger partial charge in [0.2, 0.25) is 5.91 Å². The van der Waals surface area contributed by atoms with Gasteiger partial charge in [0.25, 0.3) is 0 Å². The lowest BCUT2D eigenvalue weighted by Crippen LogP contribution is -2.52. The van der Waals surface area contributed by atoms with Crippen molar-refractivity contribution >= 4 is 23.8 Å². The number of nitrogens with zero attached hydrogens (tertiary/aromatic N) is 1. The number of hydrogen-bond donors (Lipinski definition) is 1. The summed E-state index contributed by atoms with van der Waals surface area (Å²) < 4.78 is 6.35. The molecule has 0 saturated carbocycles. The molecule has 0 aromatic rings. The van der Waals surface area contributed by atoms with Crippen molar-refractivity contribution in [1.82, 2.24) is 5.32 Å². The molecule has 0 rings (SSSR count). The molecule has 0 radical (unpaired) electrons. The van der Waals surface area contributed by atoms with Crippen molar-refractivity contribution in [2.75, 3.05) is 7.11 Å². The van der Waals surface area contributed by atoms with Crippen molar-refractivity contribution in [2.24, 2.45) is 4.58 Å². The van der Waals surface area contributed by atoms with Crippen LogP contribution in [0.5, 0.6) is 0 Å². The van der Waals surface area contributed by atoms with Gasteiger partial charge in [-0.3, -0.25) is 4.79 Å². The van der Waals surface area contributed by atoms with Crippen molar-refractivity contribution in [1.29, 1.82) is 0 Å². The van der Waals surface area contributed by atoms with Crippen LogP contribution in [0.25, 0.3) is 0 Å². The van der Waals surface area contributed by atoms with Crippen LogP contribution in [0.15, 0.2) is 4.58 Å². The van der Waals surface area contributed by atoms with Gasteiger partial charge < -0.3 is 10.1 Å². The van der Waals surface area contributed by atoms with Crippen LogP contribution in [0.4, 0.5) is 0 Å². The van der Waals surface area contributed by atoms with Crippen molar-refractivity contribution in [3.05, 3.63) is 4.91 Å². The van der Waals surface area contributed by atoms with Gasteiger partial charge in [-0.2, -0.15) is 0 Å². The zero-order valence-corrected chi connectivity index (χ0v) is 9.88. The zero-order valence-electron chi connectivity index (χ0n) is 9.07. The van der Waals surface area contributed by atoms with E-state index in [-0.39, 0.29) is 5.91 Å². The van der Waals surface area contributed by atoms with Crippen LogP contribution >= 0.6 is 11.9 Å². The maximum atomic E-state index is 11.4. The third-order valence-electron chi connectivity index (χ3n) is 1.75. The molecule has 0 aliphatic carbocycles. The summed E-state index contributed by atoms with van der Waals surface area (Å²) in [4.78, 5) is 32.4. The third-order valence-corrected chi connectivity index (χ3v) is 2.53. The smallest absolute Gasteiger partial charge is 0.329 e. The predicted octanol–water partition coefficient (Wildman–Crippen LogP) is 0.857. The zero-order chi connectivity index (χ0) is 12.1. The van der Waals surface area contributed by atoms with Gasteiger partial charge in [-0.15, -0.1) is 4.91 Å². The highest BCUT2D eigenvalue weighted by Crippen LogP contribution is 2.29. The van der Waals surface area contributed by atoms with Crippen LogP contribution in [-0.4, -0.2) is 29.8 Å². The fourth-order valence-corrected chi connectivity index (χ4v) is 1.44. The first-order valence-electron chi connectivity index (χ1n) is 4.21. The van der Waals surface area contributed by atoms with E-state index >= 15 is 0 Å². The van der Waals surface area contributed by atoms with E-state index in [0.29, 0.717) is 11.9 Å². The van der Waals surface area contributed by atoms with Crippen LogP contribution in [0.2, 0.25) is 0 Å². The Kier molecular flexibility index (Phi) is 5.27. The third kappa shape index (κ3) is 4.28. The minimum Gasteiger partial charge on any atom is -0.467 e. The number of hydrogen-bond acceptors (Lipinski definition) is 6. The summed E-state index contributed by atoms with van der Waals surface area (Å²) in [6.45, 7) is 4.53. The predicted molar refractivity (Wildman–Crippen MR) is 57.1 cm³/mol. The Morgan fingerprint density at radius 1 is 1.47 bits per heavy atom. The Bertz CT molecular complexity index is 267. The highest BCUT2D eigenvalue weighted by Gasteiger charge is 2.38. The molecule has 15 heavy (non-hydrogen) atoms. The Labute approximate surface area is 92.2 Å². The van der Waals surface area contributed by atoms with E-state index < -0.39 is 16.8 Å². The molecule has 1 N–H and O–H groups in total. The first-order chi connectivity index (χ1) is 6.85. The van der Waals surface area contributed by atoms with E-state index in [1.807, 2.05) is 0 Å². The monoisotopic (exact) mass is 234 g/mol. The first kappa shape index (κ1) is 13.9. The Hall–Kier alpha value is -1.11. The first-order valence-corrected chi connectivity index (χ1v) is 4.98. The second-order valence-electron chi connectivity index (χ2n) is 3.43. The van der Waals surface area contributed by atoms with Gasteiger partial charge in [-0.1, -0.05) is 0 Å². The van der Waals surface area contributed by atoms with Crippen molar-refractivity contribution < 1.29 is 14.3 Å². The van der Waals surface area contributed by atoms with Crippen LogP contribution < -0.4 is 5.32 Å². The summed E-state index contributed by atoms with van der Waals surface area (Å²) in [5.41, 5.74) is 0. The second kappa shape index (κ2) is 5.69. The molecule has 0 aliphatic heterocycles. The number of esters is 1. The molecule has 0 aromatic heterocycles. The molecule has 0 heterocycles. The van der Waals surface area contributed by atoms with Gasteiger partial charge in [-0.05, 0) is 13.8 Å². The van der Waals surface area contributed by atoms with Crippen LogP contribution in [0, 0.1) is 4.91 Å². The van der Waals surface area contributed by atoms with Crippen LogP contribution in [0.1, 0.15) is 20.8 Å². The highest BCUT2D eigenvalue weighted by molar-refractivity contribution is 7.99. The van der Waals surface area contributed by atoms with E-state index in [1.54, 1.807) is 13.8 Å². The van der Waals surface area contributed by atoms with E-state index in [2.05, 4.69) is 14.6 Å². The molecule has 1 atom stereocenters. The topological polar surface area (TPSA) is 84.8 Å². The maximum absolute atomic E-state index is 11.4. The van der Waals surface area contributed by atoms with Gasteiger partial charge in [0.05, 0.1) is 11.9 Å². The molecule has 86 valence electrons. The molecule has 0 bridgehead atoms. The van der Waals surface area contributed by atoms with Crippen LogP contribution in [0.3, 0.4) is 0 Å². The summed E-state index contributed by atoms with van der Waals surface area (Å²) in [5, 5.41) is 2.42. The Morgan fingerprint density at radius 3 is 2.33 bits per heavy atom. The lowest BCUT2D eigenvalue weighted by molar-refractivity contribution is -0.145. The number of carbonyl (C=O) groups is 2. The summed E-state index contributed by atoms with van der Waals surface area (Å²) >= 11 is 0.681. The van der Waals surface area contributed by atoms with Gasteiger partial charge >= 0.3 is 5.97 Å². The summed E-state index contributed by atoms with van der Waals surface area (Å²) in [5.74, 6) is -0.976. The molecule has 0 spiro atoms. The van der Waals surface area contributed by atoms with Gasteiger partial charge in [-0.25, -0.2) is 4.79 Å². The fourth-order valence-electron chi connectivity index (χ4n) is 0.986. The minimum absolute atomic E-state index is 0.370. The molecule has 1 amide bonds. The number of ether oxygens (including phenoxy) is 1. The number of methoxy groups -OCH3 is 1. The SMILES string of the molecule is COC(=O)[C@H](NC(C)=O)C(C)(C)SN=O. The van der Waals surface area contributed by atoms with Crippen molar-refractivity contribution in [3.8, 4) is 0 Å². The lowest BCUT2D eigenvalue weighted by atomic mass is 10.0. The maximum Gasteiger partial charge on any atom is 0.329 e. The van der Waals surface area contributed by atoms with E-state index in [4.69, 9.17) is 0 Å². The molecule has 6 nitrogen and oxygen atoms in total. The molecule has 0 saturated heterocycles. The van der Waals surface area contributed by atoms with E-state index in [1.165, 1.54) is 14.0 Å². The minimum atomic E-state index is -0.900. The molecule has 0 aliphatic rings. The summed E-state index contributed by atoms with van der Waals surface area (Å²) in [7, 11) is 1.21. The molecule has 7 heteroatoms. The number of nitrogens with one attached hydrogen (secondary N) is 1. The summed E-state index contributed by atoms with van der Waals surface area (Å²) in [6, 6.07) is -0.900. The number of amides is 1. The highest BCUT2D eigenvalue weighted by atomic mass is 32.2. The summed E-state index contributed by atoms with van der Waals surface area (Å²) in [6.07, 6.45) is 0. The molecular weight excluding hydrogens is 220 g/mol. The van der Waals surface area contributed by atoms with E-state index in [9.17, 15) is 14.5 Å². The average Bonchev–Trinajstić information content (AvgIpc) is 2.12. The van der Waals surface area contributed by atoms with Gasteiger partial charge in [0, 0.05) is 23.5 Å². The standard InChI is InChI=1S/C8H14N2O4S/c1-5(11)9-6(7(12)14-4)8(2,3)15-10-13/h6H,1-4H3,(H,9,11)/t6-/m0/s1. The number of carbonyl (C=O) groups excluding carboxylic acids is 2. The normalized spacial score (nSPS) is 12.8. The largest absolute Gasteiger partial charge is 0.467 e. The average molecular weight is 234 g/mol. The molecular formula is C8H14N2O4S. The number of nitroso groups, excluding NO2 is 1. The molecule has 0 fully saturated rings. The van der Waals surface area contributed by atoms with E-state index in [0.717, 1.165) is 0 Å². The molecule has 0 aromatic carbocycles. The molecule has 0 unspecified atom stereocenters. The fraction of sp³-hybridized carbons (Fsp3) is 0.750. The lowest BCUT2D eigenvalue weighted by Gasteiger charge is -2.28. The van der Waals surface area contributed by atoms with Gasteiger partial charge in [0.1, 0.15) is 6.04 Å². The van der Waals surface area contributed by atoms with Crippen molar-refractivity contribution in [3.63, 3.8) is 0 Å². The number of rotatable bonds is 5.